The molecule has 1 rings (SSSR count). The molecule has 0 fully saturated rings. The molecule has 1 aromatic rings. The first kappa shape index (κ1) is 13.7. The largest absolute Gasteiger partial charge is 0.386 e. The van der Waals surface area contributed by atoms with Crippen molar-refractivity contribution in [2.45, 2.75) is 45.3 Å². The smallest absolute Gasteiger partial charge is 0.0983 e. The average Bonchev–Trinajstić information content (AvgIpc) is 2.66. The normalized spacial score (nSPS) is 14.4. The molecule has 1 unspecified atom stereocenters. The Hall–Kier alpha value is -0.380. The van der Waals surface area contributed by atoms with E-state index in [0.717, 1.165) is 18.4 Å². The van der Waals surface area contributed by atoms with E-state index in [1.54, 1.807) is 11.3 Å². The van der Waals surface area contributed by atoms with E-state index in [1.165, 1.54) is 4.88 Å². The molecule has 92 valence electrons. The number of hydrogen-bond donors (Lipinski definition) is 1. The maximum Gasteiger partial charge on any atom is 0.0983 e. The summed E-state index contributed by atoms with van der Waals surface area (Å²) < 4.78 is 0. The topological polar surface area (TPSA) is 23.5 Å². The molecule has 0 aromatic carbocycles. The standard InChI is InChI=1S/C13H23NOS/c1-6-13(7-2,14(4)5)12(15)11-8-9-16-10(11)3/h8-9,12,15H,6-7H2,1-5H3. The summed E-state index contributed by atoms with van der Waals surface area (Å²) in [5.41, 5.74) is 0.939. The van der Waals surface area contributed by atoms with Gasteiger partial charge >= 0.3 is 0 Å². The van der Waals surface area contributed by atoms with E-state index >= 15 is 0 Å². The fourth-order valence-corrected chi connectivity index (χ4v) is 3.22. The molecule has 0 bridgehead atoms. The fourth-order valence-electron chi connectivity index (χ4n) is 2.48. The number of rotatable bonds is 5. The van der Waals surface area contributed by atoms with Crippen molar-refractivity contribution in [3.63, 3.8) is 0 Å². The monoisotopic (exact) mass is 241 g/mol. The van der Waals surface area contributed by atoms with Crippen molar-refractivity contribution in [2.24, 2.45) is 0 Å². The van der Waals surface area contributed by atoms with Crippen LogP contribution in [0.1, 0.15) is 43.2 Å². The molecule has 0 aliphatic carbocycles. The molecule has 0 aliphatic heterocycles. The molecule has 1 N–H and O–H groups in total. The quantitative estimate of drug-likeness (QED) is 0.855. The molecule has 2 nitrogen and oxygen atoms in total. The molecule has 0 saturated carbocycles. The van der Waals surface area contributed by atoms with Crippen LogP contribution in [0.4, 0.5) is 0 Å². The molecular weight excluding hydrogens is 218 g/mol. The van der Waals surface area contributed by atoms with Crippen molar-refractivity contribution in [2.75, 3.05) is 14.1 Å². The SMILES string of the molecule is CCC(CC)(C(O)c1ccsc1C)N(C)C. The number of aliphatic hydroxyl groups is 1. The molecule has 3 heteroatoms. The van der Waals surface area contributed by atoms with Crippen molar-refractivity contribution in [3.05, 3.63) is 21.9 Å². The maximum absolute atomic E-state index is 10.6. The van der Waals surface area contributed by atoms with Gasteiger partial charge in [-0.05, 0) is 50.9 Å². The summed E-state index contributed by atoms with van der Waals surface area (Å²) >= 11 is 1.70. The number of thiophene rings is 1. The second-order valence-corrected chi connectivity index (χ2v) is 5.66. The third-order valence-corrected chi connectivity index (χ3v) is 4.68. The van der Waals surface area contributed by atoms with Gasteiger partial charge in [0.2, 0.25) is 0 Å². The van der Waals surface area contributed by atoms with Gasteiger partial charge in [0.1, 0.15) is 0 Å². The summed E-state index contributed by atoms with van der Waals surface area (Å²) in [6.07, 6.45) is 1.50. The Morgan fingerprint density at radius 2 is 1.94 bits per heavy atom. The molecule has 1 aromatic heterocycles. The molecule has 0 radical (unpaired) electrons. The van der Waals surface area contributed by atoms with Gasteiger partial charge in [0.05, 0.1) is 11.6 Å². The zero-order valence-corrected chi connectivity index (χ0v) is 11.8. The van der Waals surface area contributed by atoms with Crippen molar-refractivity contribution in [1.29, 1.82) is 0 Å². The highest BCUT2D eigenvalue weighted by atomic mass is 32.1. The van der Waals surface area contributed by atoms with Crippen molar-refractivity contribution < 1.29 is 5.11 Å². The van der Waals surface area contributed by atoms with Crippen molar-refractivity contribution in [3.8, 4) is 0 Å². The first-order valence-electron chi connectivity index (χ1n) is 5.89. The van der Waals surface area contributed by atoms with E-state index in [4.69, 9.17) is 0 Å². The molecule has 16 heavy (non-hydrogen) atoms. The van der Waals surface area contributed by atoms with Crippen LogP contribution in [-0.2, 0) is 0 Å². The van der Waals surface area contributed by atoms with Crippen LogP contribution >= 0.6 is 11.3 Å². The maximum atomic E-state index is 10.6. The van der Waals surface area contributed by atoms with E-state index in [-0.39, 0.29) is 5.54 Å². The van der Waals surface area contributed by atoms with Crippen LogP contribution in [0.25, 0.3) is 0 Å². The number of hydrogen-bond acceptors (Lipinski definition) is 3. The third kappa shape index (κ3) is 2.17. The van der Waals surface area contributed by atoms with E-state index in [9.17, 15) is 5.11 Å². The van der Waals surface area contributed by atoms with E-state index < -0.39 is 6.10 Å². The van der Waals surface area contributed by atoms with E-state index in [1.807, 2.05) is 6.07 Å². The van der Waals surface area contributed by atoms with Gasteiger partial charge in [0.15, 0.2) is 0 Å². The summed E-state index contributed by atoms with van der Waals surface area (Å²) in [6.45, 7) is 6.37. The predicted octanol–water partition coefficient (Wildman–Crippen LogP) is 3.21. The van der Waals surface area contributed by atoms with Crippen molar-refractivity contribution >= 4 is 11.3 Å². The molecule has 1 atom stereocenters. The molecular formula is C13H23NOS. The highest BCUT2D eigenvalue weighted by Crippen LogP contribution is 2.38. The lowest BCUT2D eigenvalue weighted by Gasteiger charge is -2.42. The highest BCUT2D eigenvalue weighted by Gasteiger charge is 2.38. The predicted molar refractivity (Wildman–Crippen MR) is 71.0 cm³/mol. The van der Waals surface area contributed by atoms with Crippen LogP contribution in [0.3, 0.4) is 0 Å². The number of aliphatic hydroxyl groups excluding tert-OH is 1. The van der Waals surface area contributed by atoms with Crippen LogP contribution in [0, 0.1) is 6.92 Å². The number of aryl methyl sites for hydroxylation is 1. The van der Waals surface area contributed by atoms with Gasteiger partial charge in [-0.3, -0.25) is 0 Å². The zero-order valence-electron chi connectivity index (χ0n) is 10.9. The van der Waals surface area contributed by atoms with Crippen LogP contribution in [0.15, 0.2) is 11.4 Å². The average molecular weight is 241 g/mol. The zero-order chi connectivity index (χ0) is 12.3. The lowest BCUT2D eigenvalue weighted by atomic mass is 9.82. The minimum absolute atomic E-state index is 0.147. The Kier molecular flexibility index (Phi) is 4.53. The molecule has 1 heterocycles. The summed E-state index contributed by atoms with van der Waals surface area (Å²) in [6, 6.07) is 2.05. The lowest BCUT2D eigenvalue weighted by Crippen LogP contribution is -2.48. The first-order valence-corrected chi connectivity index (χ1v) is 6.77. The Labute approximate surface area is 103 Å². The lowest BCUT2D eigenvalue weighted by molar-refractivity contribution is -0.0150. The van der Waals surface area contributed by atoms with Crippen LogP contribution in [0.5, 0.6) is 0 Å². The van der Waals surface area contributed by atoms with E-state index in [2.05, 4.69) is 45.1 Å². The Morgan fingerprint density at radius 3 is 2.25 bits per heavy atom. The second-order valence-electron chi connectivity index (χ2n) is 4.54. The van der Waals surface area contributed by atoms with Crippen LogP contribution in [0.2, 0.25) is 0 Å². The number of likely N-dealkylation sites (N-methyl/N-ethyl adjacent to an activating group) is 1. The summed E-state index contributed by atoms with van der Waals surface area (Å²) in [5, 5.41) is 12.7. The van der Waals surface area contributed by atoms with Gasteiger partial charge in [-0.2, -0.15) is 0 Å². The summed E-state index contributed by atoms with van der Waals surface area (Å²) in [5.74, 6) is 0. The molecule has 0 amide bonds. The van der Waals surface area contributed by atoms with Crippen LogP contribution in [-0.4, -0.2) is 29.6 Å². The minimum Gasteiger partial charge on any atom is -0.386 e. The highest BCUT2D eigenvalue weighted by molar-refractivity contribution is 7.10. The minimum atomic E-state index is -0.399. The Morgan fingerprint density at radius 1 is 1.38 bits per heavy atom. The van der Waals surface area contributed by atoms with Gasteiger partial charge in [-0.25, -0.2) is 0 Å². The Bertz CT molecular complexity index is 328. The second kappa shape index (κ2) is 5.30. The first-order chi connectivity index (χ1) is 7.49. The van der Waals surface area contributed by atoms with Gasteiger partial charge in [0, 0.05) is 4.88 Å². The fraction of sp³-hybridized carbons (Fsp3) is 0.692. The molecule has 0 saturated heterocycles. The summed E-state index contributed by atoms with van der Waals surface area (Å²) in [4.78, 5) is 3.38. The Balaban J connectivity index is 3.09. The molecule has 0 spiro atoms. The van der Waals surface area contributed by atoms with Gasteiger partial charge in [-0.15, -0.1) is 11.3 Å². The van der Waals surface area contributed by atoms with Crippen molar-refractivity contribution in [1.82, 2.24) is 4.90 Å². The third-order valence-electron chi connectivity index (χ3n) is 3.82. The van der Waals surface area contributed by atoms with Gasteiger partial charge in [0.25, 0.3) is 0 Å². The number of nitrogens with zero attached hydrogens (tertiary/aromatic N) is 1. The van der Waals surface area contributed by atoms with Gasteiger partial charge < -0.3 is 10.0 Å². The summed E-state index contributed by atoms with van der Waals surface area (Å²) in [7, 11) is 4.11. The van der Waals surface area contributed by atoms with Gasteiger partial charge in [-0.1, -0.05) is 13.8 Å². The molecule has 0 aliphatic rings. The van der Waals surface area contributed by atoms with Crippen LogP contribution < -0.4 is 0 Å². The van der Waals surface area contributed by atoms with E-state index in [0.29, 0.717) is 0 Å².